The maximum absolute atomic E-state index is 13.0. The lowest BCUT2D eigenvalue weighted by Crippen LogP contribution is -2.47. The molecule has 0 unspecified atom stereocenters. The van der Waals surface area contributed by atoms with Crippen LogP contribution in [0.15, 0.2) is 48.5 Å². The largest absolute Gasteiger partial charge is 0.379 e. The SMILES string of the molecule is COCc1cc2c(N3CCN(CCc4ccc(F)cc4)CC3)cccc2s1.Cl. The van der Waals surface area contributed by atoms with Gasteiger partial charge in [0.25, 0.3) is 0 Å². The number of piperazine rings is 1. The number of hydrogen-bond acceptors (Lipinski definition) is 4. The van der Waals surface area contributed by atoms with E-state index in [1.165, 1.54) is 26.2 Å². The Morgan fingerprint density at radius 1 is 1.04 bits per heavy atom. The molecule has 0 radical (unpaired) electrons. The predicted octanol–water partition coefficient (Wildman–Crippen LogP) is 4.97. The van der Waals surface area contributed by atoms with Gasteiger partial charge in [-0.3, -0.25) is 4.90 Å². The van der Waals surface area contributed by atoms with Crippen LogP contribution in [0.1, 0.15) is 10.4 Å². The van der Waals surface area contributed by atoms with Gasteiger partial charge in [0.1, 0.15) is 5.82 Å². The Morgan fingerprint density at radius 3 is 2.50 bits per heavy atom. The first-order chi connectivity index (χ1) is 13.2. The second-order valence-electron chi connectivity index (χ2n) is 7.04. The number of hydrogen-bond donors (Lipinski definition) is 0. The monoisotopic (exact) mass is 420 g/mol. The molecule has 3 aromatic rings. The zero-order valence-corrected chi connectivity index (χ0v) is 17.7. The lowest BCUT2D eigenvalue weighted by Gasteiger charge is -2.36. The first kappa shape index (κ1) is 21.1. The van der Waals surface area contributed by atoms with Gasteiger partial charge in [-0.05, 0) is 42.3 Å². The van der Waals surface area contributed by atoms with Gasteiger partial charge in [-0.15, -0.1) is 23.7 Å². The van der Waals surface area contributed by atoms with Gasteiger partial charge in [0.15, 0.2) is 0 Å². The van der Waals surface area contributed by atoms with Crippen molar-refractivity contribution in [3.63, 3.8) is 0 Å². The van der Waals surface area contributed by atoms with E-state index in [-0.39, 0.29) is 18.2 Å². The molecule has 150 valence electrons. The van der Waals surface area contributed by atoms with Crippen molar-refractivity contribution >= 4 is 39.5 Å². The van der Waals surface area contributed by atoms with Crippen LogP contribution in [0.3, 0.4) is 0 Å². The fourth-order valence-electron chi connectivity index (χ4n) is 3.74. The van der Waals surface area contributed by atoms with Gasteiger partial charge < -0.3 is 9.64 Å². The Kier molecular flexibility index (Phi) is 7.30. The van der Waals surface area contributed by atoms with E-state index in [1.54, 1.807) is 19.2 Å². The van der Waals surface area contributed by atoms with Crippen LogP contribution in [0.2, 0.25) is 0 Å². The topological polar surface area (TPSA) is 15.7 Å². The average molecular weight is 421 g/mol. The third kappa shape index (κ3) is 4.84. The third-order valence-electron chi connectivity index (χ3n) is 5.22. The number of methoxy groups -OCH3 is 1. The number of ether oxygens (including phenoxy) is 1. The van der Waals surface area contributed by atoms with E-state index < -0.39 is 0 Å². The van der Waals surface area contributed by atoms with Crippen LogP contribution >= 0.6 is 23.7 Å². The summed E-state index contributed by atoms with van der Waals surface area (Å²) in [5.74, 6) is -0.163. The van der Waals surface area contributed by atoms with E-state index in [9.17, 15) is 4.39 Å². The molecule has 1 fully saturated rings. The number of fused-ring (bicyclic) bond motifs is 1. The maximum Gasteiger partial charge on any atom is 0.123 e. The van der Waals surface area contributed by atoms with E-state index >= 15 is 0 Å². The summed E-state index contributed by atoms with van der Waals surface area (Å²) in [5.41, 5.74) is 2.54. The second kappa shape index (κ2) is 9.70. The average Bonchev–Trinajstić information content (AvgIpc) is 3.11. The molecule has 1 aromatic heterocycles. The molecule has 0 spiro atoms. The Morgan fingerprint density at radius 2 is 1.79 bits per heavy atom. The van der Waals surface area contributed by atoms with Crippen molar-refractivity contribution in [2.45, 2.75) is 13.0 Å². The molecule has 0 aliphatic carbocycles. The summed E-state index contributed by atoms with van der Waals surface area (Å²) in [6.45, 7) is 5.91. The van der Waals surface area contributed by atoms with E-state index in [0.29, 0.717) is 6.61 Å². The van der Waals surface area contributed by atoms with Crippen molar-refractivity contribution in [1.82, 2.24) is 4.90 Å². The number of thiophene rings is 1. The molecule has 1 aliphatic rings. The van der Waals surface area contributed by atoms with Crippen molar-refractivity contribution in [2.24, 2.45) is 0 Å². The molecule has 1 saturated heterocycles. The van der Waals surface area contributed by atoms with Crippen molar-refractivity contribution in [3.8, 4) is 0 Å². The molecule has 4 rings (SSSR count). The van der Waals surface area contributed by atoms with E-state index in [4.69, 9.17) is 4.74 Å². The van der Waals surface area contributed by atoms with E-state index in [1.807, 2.05) is 23.5 Å². The minimum atomic E-state index is -0.163. The standard InChI is InChI=1S/C22H25FN2OS.ClH/c1-26-16-19-15-20-21(3-2-4-22(20)27-19)25-13-11-24(12-14-25)10-9-17-5-7-18(23)8-6-17;/h2-8,15H,9-14,16H2,1H3;1H. The molecular weight excluding hydrogens is 395 g/mol. The Labute approximate surface area is 176 Å². The van der Waals surface area contributed by atoms with Gasteiger partial charge in [-0.1, -0.05) is 18.2 Å². The smallest absolute Gasteiger partial charge is 0.123 e. The molecule has 0 saturated carbocycles. The predicted molar refractivity (Wildman–Crippen MR) is 119 cm³/mol. The van der Waals surface area contributed by atoms with Crippen LogP contribution < -0.4 is 4.90 Å². The zero-order valence-electron chi connectivity index (χ0n) is 16.1. The fraction of sp³-hybridized carbons (Fsp3) is 0.364. The highest BCUT2D eigenvalue weighted by molar-refractivity contribution is 7.19. The zero-order chi connectivity index (χ0) is 18.6. The summed E-state index contributed by atoms with van der Waals surface area (Å²) < 4.78 is 19.6. The lowest BCUT2D eigenvalue weighted by atomic mass is 10.1. The molecule has 0 N–H and O–H groups in total. The number of anilines is 1. The van der Waals surface area contributed by atoms with Gasteiger partial charge >= 0.3 is 0 Å². The third-order valence-corrected chi connectivity index (χ3v) is 6.29. The molecule has 2 heterocycles. The van der Waals surface area contributed by atoms with Crippen LogP contribution in [-0.4, -0.2) is 44.7 Å². The number of benzene rings is 2. The van der Waals surface area contributed by atoms with Crippen molar-refractivity contribution < 1.29 is 9.13 Å². The summed E-state index contributed by atoms with van der Waals surface area (Å²) in [6, 6.07) is 15.7. The second-order valence-corrected chi connectivity index (χ2v) is 8.21. The fourth-order valence-corrected chi connectivity index (χ4v) is 4.79. The van der Waals surface area contributed by atoms with Crippen LogP contribution in [0.4, 0.5) is 10.1 Å². The van der Waals surface area contributed by atoms with Crippen LogP contribution in [0, 0.1) is 5.82 Å². The van der Waals surface area contributed by atoms with E-state index in [2.05, 4.69) is 34.1 Å². The highest BCUT2D eigenvalue weighted by atomic mass is 35.5. The Balaban J connectivity index is 0.00000225. The normalized spacial score (nSPS) is 15.0. The molecule has 1 aliphatic heterocycles. The number of rotatable bonds is 6. The first-order valence-electron chi connectivity index (χ1n) is 9.45. The summed E-state index contributed by atoms with van der Waals surface area (Å²) in [6.07, 6.45) is 0.973. The summed E-state index contributed by atoms with van der Waals surface area (Å²) in [4.78, 5) is 6.28. The number of nitrogens with zero attached hydrogens (tertiary/aromatic N) is 2. The molecule has 0 amide bonds. The molecule has 0 bridgehead atoms. The summed E-state index contributed by atoms with van der Waals surface area (Å²) in [5, 5.41) is 1.34. The van der Waals surface area contributed by atoms with Crippen molar-refractivity contribution in [3.05, 3.63) is 64.8 Å². The molecule has 2 aromatic carbocycles. The van der Waals surface area contributed by atoms with Crippen LogP contribution in [-0.2, 0) is 17.8 Å². The number of halogens is 2. The van der Waals surface area contributed by atoms with Crippen molar-refractivity contribution in [1.29, 1.82) is 0 Å². The lowest BCUT2D eigenvalue weighted by molar-refractivity contribution is 0.187. The van der Waals surface area contributed by atoms with Gasteiger partial charge in [0, 0.05) is 60.5 Å². The van der Waals surface area contributed by atoms with Crippen LogP contribution in [0.25, 0.3) is 10.1 Å². The van der Waals surface area contributed by atoms with Crippen LogP contribution in [0.5, 0.6) is 0 Å². The molecule has 0 atom stereocenters. The van der Waals surface area contributed by atoms with Gasteiger partial charge in [-0.2, -0.15) is 0 Å². The van der Waals surface area contributed by atoms with Crippen molar-refractivity contribution in [2.75, 3.05) is 44.7 Å². The molecule has 3 nitrogen and oxygen atoms in total. The quantitative estimate of drug-likeness (QED) is 0.559. The summed E-state index contributed by atoms with van der Waals surface area (Å²) in [7, 11) is 1.75. The first-order valence-corrected chi connectivity index (χ1v) is 10.3. The van der Waals surface area contributed by atoms with Gasteiger partial charge in [0.05, 0.1) is 6.61 Å². The Bertz CT molecular complexity index is 891. The molecule has 6 heteroatoms. The highest BCUT2D eigenvalue weighted by Crippen LogP contribution is 2.34. The minimum absolute atomic E-state index is 0. The minimum Gasteiger partial charge on any atom is -0.379 e. The highest BCUT2D eigenvalue weighted by Gasteiger charge is 2.19. The molecular formula is C22H26ClFN2OS. The van der Waals surface area contributed by atoms with Gasteiger partial charge in [0.2, 0.25) is 0 Å². The summed E-state index contributed by atoms with van der Waals surface area (Å²) >= 11 is 1.82. The Hall–Kier alpha value is -1.66. The maximum atomic E-state index is 13.0. The molecule has 28 heavy (non-hydrogen) atoms. The van der Waals surface area contributed by atoms with E-state index in [0.717, 1.165) is 39.1 Å². The van der Waals surface area contributed by atoms with Gasteiger partial charge in [-0.25, -0.2) is 4.39 Å².